The highest BCUT2D eigenvalue weighted by Crippen LogP contribution is 2.59. The smallest absolute Gasteiger partial charge is 0.0116 e. The van der Waals surface area contributed by atoms with Gasteiger partial charge < -0.3 is 0 Å². The Balaban J connectivity index is 2.09. The van der Waals surface area contributed by atoms with Crippen molar-refractivity contribution in [1.82, 2.24) is 0 Å². The van der Waals surface area contributed by atoms with Crippen molar-refractivity contribution in [2.45, 2.75) is 38.5 Å². The molecule has 2 bridgehead atoms. The van der Waals surface area contributed by atoms with Crippen molar-refractivity contribution in [3.63, 3.8) is 0 Å². The summed E-state index contributed by atoms with van der Waals surface area (Å²) in [5.74, 6) is 3.42. The highest BCUT2D eigenvalue weighted by molar-refractivity contribution is 5.42. The maximum absolute atomic E-state index is 3.47. The minimum absolute atomic E-state index is 0.827. The lowest BCUT2D eigenvalue weighted by Gasteiger charge is -2.19. The van der Waals surface area contributed by atoms with E-state index in [1.165, 1.54) is 12.8 Å². The second-order valence-corrected chi connectivity index (χ2v) is 5.15. The first-order valence-corrected chi connectivity index (χ1v) is 5.79. The first kappa shape index (κ1) is 8.52. The zero-order valence-electron chi connectivity index (χ0n) is 8.96. The van der Waals surface area contributed by atoms with Crippen LogP contribution in [0.1, 0.15) is 49.7 Å². The van der Waals surface area contributed by atoms with Crippen molar-refractivity contribution in [1.29, 1.82) is 0 Å². The Morgan fingerprint density at radius 1 is 1.29 bits per heavy atom. The summed E-state index contributed by atoms with van der Waals surface area (Å²) in [6.07, 6.45) is 2.82. The SMILES string of the molecule is CC(C)C1C2CCC1c1ccc[c]c12. The lowest BCUT2D eigenvalue weighted by atomic mass is 9.85. The van der Waals surface area contributed by atoms with Crippen LogP contribution in [0.4, 0.5) is 0 Å². The molecule has 0 aromatic heterocycles. The third kappa shape index (κ3) is 0.945. The van der Waals surface area contributed by atoms with E-state index in [1.807, 2.05) is 0 Å². The Bertz CT molecular complexity index is 320. The van der Waals surface area contributed by atoms with Crippen LogP contribution in [0, 0.1) is 17.9 Å². The fourth-order valence-corrected chi connectivity index (χ4v) is 3.76. The van der Waals surface area contributed by atoms with Gasteiger partial charge in [0.15, 0.2) is 0 Å². The summed E-state index contributed by atoms with van der Waals surface area (Å²) in [6, 6.07) is 10.0. The van der Waals surface area contributed by atoms with Crippen LogP contribution in [0.2, 0.25) is 0 Å². The van der Waals surface area contributed by atoms with E-state index >= 15 is 0 Å². The van der Waals surface area contributed by atoms with Gasteiger partial charge in [-0.05, 0) is 53.7 Å². The molecular formula is C14H17. The molecular weight excluding hydrogens is 168 g/mol. The highest BCUT2D eigenvalue weighted by atomic mass is 14.5. The molecule has 3 atom stereocenters. The largest absolute Gasteiger partial charge is 0.0625 e. The zero-order chi connectivity index (χ0) is 9.71. The molecule has 3 rings (SSSR count). The van der Waals surface area contributed by atoms with Crippen LogP contribution in [-0.2, 0) is 0 Å². The molecule has 0 heteroatoms. The van der Waals surface area contributed by atoms with Gasteiger partial charge in [0.1, 0.15) is 0 Å². The molecule has 3 unspecified atom stereocenters. The standard InChI is InChI=1S/C14H17/c1-9(2)14-12-7-8-13(14)11-6-4-3-5-10(11)12/h3-5,9,12-14H,7-8H2,1-2H3. The van der Waals surface area contributed by atoms with Crippen LogP contribution in [-0.4, -0.2) is 0 Å². The molecule has 0 spiro atoms. The quantitative estimate of drug-likeness (QED) is 0.625. The molecule has 14 heavy (non-hydrogen) atoms. The van der Waals surface area contributed by atoms with Crippen molar-refractivity contribution < 1.29 is 0 Å². The molecule has 0 heterocycles. The van der Waals surface area contributed by atoms with Gasteiger partial charge in [-0.15, -0.1) is 0 Å². The van der Waals surface area contributed by atoms with E-state index in [-0.39, 0.29) is 0 Å². The lowest BCUT2D eigenvalue weighted by Crippen LogP contribution is -2.11. The maximum atomic E-state index is 3.47. The molecule has 1 fully saturated rings. The summed E-state index contributed by atoms with van der Waals surface area (Å²) in [4.78, 5) is 0. The van der Waals surface area contributed by atoms with E-state index in [9.17, 15) is 0 Å². The van der Waals surface area contributed by atoms with Crippen molar-refractivity contribution >= 4 is 0 Å². The molecule has 0 aliphatic heterocycles. The van der Waals surface area contributed by atoms with Gasteiger partial charge in [-0.3, -0.25) is 0 Å². The highest BCUT2D eigenvalue weighted by Gasteiger charge is 2.46. The Kier molecular flexibility index (Phi) is 1.74. The predicted octanol–water partition coefficient (Wildman–Crippen LogP) is 3.73. The van der Waals surface area contributed by atoms with Crippen LogP contribution >= 0.6 is 0 Å². The summed E-state index contributed by atoms with van der Waals surface area (Å²) in [5, 5.41) is 0. The van der Waals surface area contributed by atoms with E-state index in [0.717, 1.165) is 23.7 Å². The number of fused-ring (bicyclic) bond motifs is 5. The average molecular weight is 185 g/mol. The number of rotatable bonds is 1. The normalized spacial score (nSPS) is 33.8. The van der Waals surface area contributed by atoms with Gasteiger partial charge in [0, 0.05) is 0 Å². The molecule has 1 radical (unpaired) electrons. The van der Waals surface area contributed by atoms with Gasteiger partial charge in [-0.2, -0.15) is 0 Å². The third-order valence-corrected chi connectivity index (χ3v) is 4.18. The van der Waals surface area contributed by atoms with Gasteiger partial charge in [-0.1, -0.05) is 32.0 Å². The molecule has 1 aromatic rings. The van der Waals surface area contributed by atoms with E-state index in [1.54, 1.807) is 11.1 Å². The summed E-state index contributed by atoms with van der Waals surface area (Å²) in [5.41, 5.74) is 3.16. The minimum atomic E-state index is 0.827. The average Bonchev–Trinajstić information content (AvgIpc) is 2.73. The molecule has 0 saturated heterocycles. The second-order valence-electron chi connectivity index (χ2n) is 5.15. The lowest BCUT2D eigenvalue weighted by molar-refractivity contribution is 0.352. The predicted molar refractivity (Wildman–Crippen MR) is 58.3 cm³/mol. The van der Waals surface area contributed by atoms with Crippen LogP contribution in [0.25, 0.3) is 0 Å². The topological polar surface area (TPSA) is 0 Å². The zero-order valence-corrected chi connectivity index (χ0v) is 8.96. The molecule has 1 saturated carbocycles. The van der Waals surface area contributed by atoms with E-state index in [0.29, 0.717) is 0 Å². The Labute approximate surface area is 86.3 Å². The molecule has 0 N–H and O–H groups in total. The minimum Gasteiger partial charge on any atom is -0.0625 e. The van der Waals surface area contributed by atoms with Crippen LogP contribution < -0.4 is 0 Å². The number of hydrogen-bond donors (Lipinski definition) is 0. The van der Waals surface area contributed by atoms with Crippen LogP contribution in [0.15, 0.2) is 18.2 Å². The Morgan fingerprint density at radius 3 is 2.79 bits per heavy atom. The summed E-state index contributed by atoms with van der Waals surface area (Å²) in [7, 11) is 0. The second kappa shape index (κ2) is 2.85. The molecule has 2 aliphatic rings. The molecule has 0 amide bonds. The summed E-state index contributed by atoms with van der Waals surface area (Å²) < 4.78 is 0. The van der Waals surface area contributed by atoms with Gasteiger partial charge in [-0.25, -0.2) is 0 Å². The Hall–Kier alpha value is -0.780. The first-order chi connectivity index (χ1) is 6.79. The van der Waals surface area contributed by atoms with E-state index in [2.05, 4.69) is 38.1 Å². The fourth-order valence-electron chi connectivity index (χ4n) is 3.76. The molecule has 2 aliphatic carbocycles. The van der Waals surface area contributed by atoms with E-state index < -0.39 is 0 Å². The Morgan fingerprint density at radius 2 is 2.07 bits per heavy atom. The molecule has 1 aromatic carbocycles. The first-order valence-electron chi connectivity index (χ1n) is 5.79. The summed E-state index contributed by atoms with van der Waals surface area (Å²) >= 11 is 0. The molecule has 0 nitrogen and oxygen atoms in total. The monoisotopic (exact) mass is 185 g/mol. The maximum Gasteiger partial charge on any atom is -0.0116 e. The van der Waals surface area contributed by atoms with Crippen LogP contribution in [0.3, 0.4) is 0 Å². The fraction of sp³-hybridized carbons (Fsp3) is 0.571. The van der Waals surface area contributed by atoms with Gasteiger partial charge in [0.25, 0.3) is 0 Å². The van der Waals surface area contributed by atoms with Gasteiger partial charge in [0.05, 0.1) is 0 Å². The van der Waals surface area contributed by atoms with Gasteiger partial charge >= 0.3 is 0 Å². The third-order valence-electron chi connectivity index (χ3n) is 4.18. The van der Waals surface area contributed by atoms with Crippen molar-refractivity contribution in [3.05, 3.63) is 35.4 Å². The van der Waals surface area contributed by atoms with Crippen LogP contribution in [0.5, 0.6) is 0 Å². The molecule has 73 valence electrons. The van der Waals surface area contributed by atoms with Crippen molar-refractivity contribution in [3.8, 4) is 0 Å². The summed E-state index contributed by atoms with van der Waals surface area (Å²) in [6.45, 7) is 4.75. The van der Waals surface area contributed by atoms with E-state index in [4.69, 9.17) is 0 Å². The number of hydrogen-bond acceptors (Lipinski definition) is 0. The van der Waals surface area contributed by atoms with Crippen molar-refractivity contribution in [2.24, 2.45) is 11.8 Å². The van der Waals surface area contributed by atoms with Gasteiger partial charge in [0.2, 0.25) is 0 Å². The number of benzene rings is 1. The van der Waals surface area contributed by atoms with Crippen molar-refractivity contribution in [2.75, 3.05) is 0 Å².